The van der Waals surface area contributed by atoms with Gasteiger partial charge in [-0.1, -0.05) is 29.5 Å². The van der Waals surface area contributed by atoms with Crippen molar-refractivity contribution in [1.29, 1.82) is 0 Å². The Morgan fingerprint density at radius 2 is 1.72 bits per heavy atom. The maximum absolute atomic E-state index is 12.7. The highest BCUT2D eigenvalue weighted by Gasteiger charge is 2.29. The molecule has 9 nitrogen and oxygen atoms in total. The van der Waals surface area contributed by atoms with Crippen molar-refractivity contribution in [3.05, 3.63) is 95.0 Å². The molecule has 1 fully saturated rings. The zero-order chi connectivity index (χ0) is 30.3. The molecule has 4 aromatic rings. The van der Waals surface area contributed by atoms with Gasteiger partial charge in [0.15, 0.2) is 9.84 Å². The quantitative estimate of drug-likeness (QED) is 0.198. The van der Waals surface area contributed by atoms with E-state index in [1.54, 1.807) is 18.3 Å². The van der Waals surface area contributed by atoms with Crippen molar-refractivity contribution in [1.82, 2.24) is 24.9 Å². The average molecular weight is 616 g/mol. The number of unbranched alkanes of at least 4 members (excludes halogenated alkanes) is 1. The van der Waals surface area contributed by atoms with Crippen LogP contribution in [0.5, 0.6) is 5.75 Å². The number of hydrogen-bond donors (Lipinski definition) is 0. The fourth-order valence-electron chi connectivity index (χ4n) is 4.64. The van der Waals surface area contributed by atoms with Crippen LogP contribution in [-0.2, 0) is 42.1 Å². The van der Waals surface area contributed by atoms with E-state index in [0.29, 0.717) is 42.5 Å². The fraction of sp³-hybridized carbons (Fsp3) is 0.367. The Morgan fingerprint density at radius 1 is 0.977 bits per heavy atom. The van der Waals surface area contributed by atoms with Gasteiger partial charge in [-0.25, -0.2) is 18.1 Å². The van der Waals surface area contributed by atoms with Gasteiger partial charge in [0, 0.05) is 32.3 Å². The maximum atomic E-state index is 12.7. The molecule has 1 aliphatic rings. The van der Waals surface area contributed by atoms with Crippen LogP contribution in [0.15, 0.2) is 65.4 Å². The molecule has 2 aromatic carbocycles. The Morgan fingerprint density at radius 3 is 2.44 bits per heavy atom. The number of ether oxygens (including phenoxy) is 1. The normalized spacial score (nSPS) is 15.7. The van der Waals surface area contributed by atoms with Crippen LogP contribution in [0.2, 0.25) is 0 Å². The first-order chi connectivity index (χ1) is 20.6. The number of oxazole rings is 1. The Balaban J connectivity index is 1.02. The largest absolute Gasteiger partial charge is 0.487 e. The molecule has 0 atom stereocenters. The van der Waals surface area contributed by atoms with Gasteiger partial charge >= 0.3 is 6.18 Å². The molecule has 2 aromatic heterocycles. The molecule has 5 rings (SSSR count). The number of sulfone groups is 1. The molecule has 0 aliphatic carbocycles. The van der Waals surface area contributed by atoms with Gasteiger partial charge in [0.1, 0.15) is 24.3 Å². The first kappa shape index (κ1) is 30.5. The molecule has 0 N–H and O–H groups in total. The van der Waals surface area contributed by atoms with E-state index in [-0.39, 0.29) is 18.1 Å². The first-order valence-corrected chi connectivity index (χ1v) is 15.8. The molecule has 3 heterocycles. The summed E-state index contributed by atoms with van der Waals surface area (Å²) in [5.41, 5.74) is 2.68. The fourth-order valence-corrected chi connectivity index (χ4v) is 5.92. The summed E-state index contributed by atoms with van der Waals surface area (Å²) in [4.78, 5) is 6.46. The Kier molecular flexibility index (Phi) is 9.61. The second-order valence-corrected chi connectivity index (χ2v) is 12.7. The zero-order valence-corrected chi connectivity index (χ0v) is 24.2. The zero-order valence-electron chi connectivity index (χ0n) is 23.4. The van der Waals surface area contributed by atoms with E-state index in [9.17, 15) is 21.6 Å². The van der Waals surface area contributed by atoms with Gasteiger partial charge in [0.05, 0.1) is 29.0 Å². The SMILES string of the molecule is O=S1(=O)CCN(Cc2cnnn2CCCCc2ccc(OCc3coc(C=Cc4ccc(C(F)(F)F)cc4)n3)cc2)CC1. The number of alkyl halides is 3. The van der Waals surface area contributed by atoms with E-state index >= 15 is 0 Å². The number of halogens is 3. The van der Waals surface area contributed by atoms with E-state index in [2.05, 4.69) is 20.2 Å². The number of nitrogens with zero attached hydrogens (tertiary/aromatic N) is 5. The van der Waals surface area contributed by atoms with Gasteiger partial charge < -0.3 is 9.15 Å². The summed E-state index contributed by atoms with van der Waals surface area (Å²) < 4.78 is 74.6. The molecular weight excluding hydrogens is 583 g/mol. The van der Waals surface area contributed by atoms with Crippen molar-refractivity contribution in [2.24, 2.45) is 0 Å². The lowest BCUT2D eigenvalue weighted by Gasteiger charge is -2.26. The highest BCUT2D eigenvalue weighted by Crippen LogP contribution is 2.29. The molecule has 0 bridgehead atoms. The molecule has 228 valence electrons. The van der Waals surface area contributed by atoms with E-state index in [4.69, 9.17) is 9.15 Å². The molecule has 0 spiro atoms. The highest BCUT2D eigenvalue weighted by atomic mass is 32.2. The molecule has 0 saturated carbocycles. The van der Waals surface area contributed by atoms with Crippen molar-refractivity contribution >= 4 is 22.0 Å². The highest BCUT2D eigenvalue weighted by molar-refractivity contribution is 7.91. The monoisotopic (exact) mass is 615 g/mol. The van der Waals surface area contributed by atoms with E-state index in [1.165, 1.54) is 24.0 Å². The number of aromatic nitrogens is 4. The van der Waals surface area contributed by atoms with Crippen LogP contribution < -0.4 is 4.74 Å². The standard InChI is InChI=1S/C30H32F3N5O4S/c31-30(32,33)25-9-4-24(5-10-25)8-13-29-35-26(22-42-29)21-41-28-11-6-23(7-12-28)3-1-2-14-38-27(19-34-36-38)20-37-15-17-43(39,40)18-16-37/h4-13,19,22H,1-3,14-18,20-21H2. The number of aryl methyl sites for hydroxylation is 2. The summed E-state index contributed by atoms with van der Waals surface area (Å²) in [5, 5.41) is 8.25. The van der Waals surface area contributed by atoms with Crippen LogP contribution in [-0.4, -0.2) is 57.9 Å². The molecule has 43 heavy (non-hydrogen) atoms. The Hall–Kier alpha value is -3.97. The van der Waals surface area contributed by atoms with E-state index in [0.717, 1.165) is 43.6 Å². The molecule has 0 radical (unpaired) electrons. The minimum absolute atomic E-state index is 0.203. The van der Waals surface area contributed by atoms with Crippen LogP contribution in [0.3, 0.4) is 0 Å². The van der Waals surface area contributed by atoms with E-state index < -0.39 is 21.6 Å². The summed E-state index contributed by atoms with van der Waals surface area (Å²) in [6, 6.07) is 12.7. The maximum Gasteiger partial charge on any atom is 0.416 e. The van der Waals surface area contributed by atoms with Crippen molar-refractivity contribution < 1.29 is 30.7 Å². The first-order valence-electron chi connectivity index (χ1n) is 13.9. The van der Waals surface area contributed by atoms with Crippen molar-refractivity contribution in [2.75, 3.05) is 24.6 Å². The average Bonchev–Trinajstić information content (AvgIpc) is 3.64. The molecule has 1 aliphatic heterocycles. The lowest BCUT2D eigenvalue weighted by Crippen LogP contribution is -2.40. The molecular formula is C30H32F3N5O4S. The smallest absolute Gasteiger partial charge is 0.416 e. The van der Waals surface area contributed by atoms with E-state index in [1.807, 2.05) is 28.9 Å². The molecule has 1 saturated heterocycles. The molecule has 0 unspecified atom stereocenters. The predicted molar refractivity (Wildman–Crippen MR) is 155 cm³/mol. The van der Waals surface area contributed by atoms with Crippen LogP contribution in [0.25, 0.3) is 12.2 Å². The van der Waals surface area contributed by atoms with Gasteiger partial charge in [-0.2, -0.15) is 13.2 Å². The second-order valence-electron chi connectivity index (χ2n) is 10.4. The van der Waals surface area contributed by atoms with Gasteiger partial charge in [0.25, 0.3) is 0 Å². The Labute approximate surface area is 247 Å². The van der Waals surface area contributed by atoms with Crippen molar-refractivity contribution in [3.8, 4) is 5.75 Å². The van der Waals surface area contributed by atoms with Crippen LogP contribution in [0, 0.1) is 0 Å². The van der Waals surface area contributed by atoms with Gasteiger partial charge in [0.2, 0.25) is 5.89 Å². The van der Waals surface area contributed by atoms with Crippen LogP contribution in [0.4, 0.5) is 13.2 Å². The van der Waals surface area contributed by atoms with Crippen LogP contribution >= 0.6 is 0 Å². The minimum Gasteiger partial charge on any atom is -0.487 e. The molecule has 13 heteroatoms. The van der Waals surface area contributed by atoms with Gasteiger partial charge in [-0.05, 0) is 60.7 Å². The third-order valence-electron chi connectivity index (χ3n) is 7.14. The van der Waals surface area contributed by atoms with Crippen LogP contribution in [0.1, 0.15) is 46.8 Å². The van der Waals surface area contributed by atoms with Gasteiger partial charge in [-0.3, -0.25) is 4.90 Å². The topological polar surface area (TPSA) is 103 Å². The lowest BCUT2D eigenvalue weighted by molar-refractivity contribution is -0.137. The summed E-state index contributed by atoms with van der Waals surface area (Å²) in [5.74, 6) is 1.43. The third kappa shape index (κ3) is 9.01. The number of hydrogen-bond acceptors (Lipinski definition) is 8. The second kappa shape index (κ2) is 13.6. The predicted octanol–water partition coefficient (Wildman–Crippen LogP) is 5.29. The third-order valence-corrected chi connectivity index (χ3v) is 8.75. The number of benzene rings is 2. The summed E-state index contributed by atoms with van der Waals surface area (Å²) in [7, 11) is -2.90. The lowest BCUT2D eigenvalue weighted by atomic mass is 10.1. The summed E-state index contributed by atoms with van der Waals surface area (Å²) >= 11 is 0. The van der Waals surface area contributed by atoms with Gasteiger partial charge in [-0.15, -0.1) is 5.10 Å². The minimum atomic E-state index is -4.36. The number of rotatable bonds is 12. The summed E-state index contributed by atoms with van der Waals surface area (Å²) in [6.07, 6.45) is 4.91. The van der Waals surface area contributed by atoms with Crippen molar-refractivity contribution in [3.63, 3.8) is 0 Å². The van der Waals surface area contributed by atoms with Crippen molar-refractivity contribution in [2.45, 2.75) is 45.1 Å². The molecule has 0 amide bonds. The Bertz CT molecular complexity index is 1600. The summed E-state index contributed by atoms with van der Waals surface area (Å²) in [6.45, 7) is 2.70.